The van der Waals surface area contributed by atoms with Gasteiger partial charge in [-0.2, -0.15) is 0 Å². The monoisotopic (exact) mass is 1690 g/mol. The second-order valence-corrected chi connectivity index (χ2v) is 36.3. The molecule has 0 bridgehead atoms. The SMILES string of the molecule is Cc1ccc2c(c1)-c1ccccc1C21c2ccccc2-c2ccccc21.Cc1ccc2c(c1)C1(c3ccccc3-c3ccccc31)c1ccccc1-2.Cc1cccc2c1-c1ccccc1C21c2ccccc2-c2ccccc21.Cc1cccc2c1C1(c3ccccc3-c3ccccc31)c1ccccc1-2.Cc1ccccc1.Cc1ccccc1.Cc1ccccc1.Cc1ccccc1. The number of hydrogen-bond donors (Lipinski definition) is 0. The summed E-state index contributed by atoms with van der Waals surface area (Å²) in [5, 5.41) is 0. The van der Waals surface area contributed by atoms with Gasteiger partial charge in [0, 0.05) is 0 Å². The minimum absolute atomic E-state index is 0.188. The van der Waals surface area contributed by atoms with Crippen molar-refractivity contribution in [2.24, 2.45) is 0 Å². The molecule has 0 saturated heterocycles. The molecule has 4 spiro atoms. The van der Waals surface area contributed by atoms with E-state index in [0.717, 1.165) is 0 Å². The quantitative estimate of drug-likeness (QED) is 0.142. The Bertz CT molecular complexity index is 7250. The van der Waals surface area contributed by atoms with Crippen LogP contribution in [0, 0.1) is 55.4 Å². The summed E-state index contributed by atoms with van der Waals surface area (Å²) in [6.07, 6.45) is 0. The van der Waals surface area contributed by atoms with Crippen LogP contribution in [0.15, 0.2) is 485 Å². The molecule has 0 saturated carbocycles. The highest BCUT2D eigenvalue weighted by Crippen LogP contribution is 2.68. The number of benzene rings is 20. The lowest BCUT2D eigenvalue weighted by molar-refractivity contribution is 0.786. The Hall–Kier alpha value is -15.6. The fourth-order valence-corrected chi connectivity index (χ4v) is 23.3. The third kappa shape index (κ3) is 13.5. The molecule has 8 aliphatic rings. The molecule has 28 rings (SSSR count). The molecule has 0 aromatic heterocycles. The summed E-state index contributed by atoms with van der Waals surface area (Å²) >= 11 is 0. The number of rotatable bonds is 0. The van der Waals surface area contributed by atoms with Crippen molar-refractivity contribution in [2.45, 2.75) is 77.0 Å². The molecule has 0 amide bonds. The van der Waals surface area contributed by atoms with Gasteiger partial charge in [0.1, 0.15) is 0 Å². The van der Waals surface area contributed by atoms with Gasteiger partial charge in [0.05, 0.1) is 21.7 Å². The summed E-state index contributed by atoms with van der Waals surface area (Å²) in [6.45, 7) is 17.2. The van der Waals surface area contributed by atoms with E-state index in [1.165, 1.54) is 223 Å². The Balaban J connectivity index is 0.0000000963. The standard InChI is InChI=1S/4C26H18.4C7H8/c1-17-9-8-13-21-20-12-4-7-16-24(20)26(25(17)21)22-14-5-2-10-18(22)19-11-3-6-15-23(19)26;1-17-9-8-16-24-25(17)20-12-4-7-15-23(20)26(24)21-13-5-2-10-18(21)19-11-3-6-14-22(19)26;1-17-14-15-25-21(16-17)20-10-4-7-13-24(20)26(25)22-11-5-2-8-18(22)19-9-3-6-12-23(19)26;1-17-14-15-21-20-10-4-7-13-24(20)26(25(21)16-17)22-11-5-2-8-18(22)19-9-3-6-12-23(19)26;4*1-7-5-3-2-4-6-7/h4*2-16H,1H3;4*2-6H,1H3. The minimum atomic E-state index is -0.190. The van der Waals surface area contributed by atoms with E-state index in [0.29, 0.717) is 0 Å². The molecule has 132 heavy (non-hydrogen) atoms. The molecule has 0 fully saturated rings. The van der Waals surface area contributed by atoms with Crippen LogP contribution in [0.1, 0.15) is 134 Å². The molecule has 0 N–H and O–H groups in total. The van der Waals surface area contributed by atoms with Crippen molar-refractivity contribution >= 4 is 0 Å². The van der Waals surface area contributed by atoms with Crippen LogP contribution in [-0.2, 0) is 21.7 Å². The van der Waals surface area contributed by atoms with Crippen molar-refractivity contribution < 1.29 is 0 Å². The maximum absolute atomic E-state index is 2.40. The zero-order valence-corrected chi connectivity index (χ0v) is 76.2. The fraction of sp³-hybridized carbons (Fsp3) is 0.0909. The summed E-state index contributed by atoms with van der Waals surface area (Å²) in [6, 6.07) is 176. The van der Waals surface area contributed by atoms with Crippen molar-refractivity contribution in [3.63, 3.8) is 0 Å². The Morgan fingerprint density at radius 1 is 0.114 bits per heavy atom. The second kappa shape index (κ2) is 34.8. The van der Waals surface area contributed by atoms with Crippen LogP contribution < -0.4 is 0 Å². The molecule has 0 aliphatic heterocycles. The highest BCUT2D eigenvalue weighted by Gasteiger charge is 2.56. The number of fused-ring (bicyclic) bond motifs is 40. The number of hydrogen-bond acceptors (Lipinski definition) is 0. The van der Waals surface area contributed by atoms with Gasteiger partial charge in [-0.15, -0.1) is 0 Å². The van der Waals surface area contributed by atoms with Crippen molar-refractivity contribution in [2.75, 3.05) is 0 Å². The molecule has 20 aromatic carbocycles. The largest absolute Gasteiger partial charge is 0.0728 e. The van der Waals surface area contributed by atoms with E-state index in [-0.39, 0.29) is 21.7 Å². The van der Waals surface area contributed by atoms with Crippen LogP contribution >= 0.6 is 0 Å². The summed E-state index contributed by atoms with van der Waals surface area (Å²) in [4.78, 5) is 0. The summed E-state index contributed by atoms with van der Waals surface area (Å²) in [7, 11) is 0. The Kier molecular flexibility index (Phi) is 21.9. The number of aryl methyl sites for hydroxylation is 8. The van der Waals surface area contributed by atoms with Gasteiger partial charge in [0.25, 0.3) is 0 Å². The average molecular weight is 1690 g/mol. The Morgan fingerprint density at radius 2 is 0.318 bits per heavy atom. The topological polar surface area (TPSA) is 0 Å². The molecule has 0 atom stereocenters. The van der Waals surface area contributed by atoms with Gasteiger partial charge in [-0.25, -0.2) is 0 Å². The van der Waals surface area contributed by atoms with E-state index < -0.39 is 0 Å². The maximum Gasteiger partial charge on any atom is 0.0728 e. The highest BCUT2D eigenvalue weighted by atomic mass is 14.6. The summed E-state index contributed by atoms with van der Waals surface area (Å²) in [5.41, 5.74) is 54.6. The Morgan fingerprint density at radius 3 is 0.636 bits per heavy atom. The normalized spacial score (nSPS) is 13.4. The van der Waals surface area contributed by atoms with Gasteiger partial charge in [-0.3, -0.25) is 0 Å². The van der Waals surface area contributed by atoms with Gasteiger partial charge >= 0.3 is 0 Å². The molecule has 632 valence electrons. The van der Waals surface area contributed by atoms with E-state index in [1.54, 1.807) is 0 Å². The van der Waals surface area contributed by atoms with E-state index in [4.69, 9.17) is 0 Å². The lowest BCUT2D eigenvalue weighted by Crippen LogP contribution is -2.26. The first-order valence-corrected chi connectivity index (χ1v) is 46.5. The zero-order chi connectivity index (χ0) is 89.7. The summed E-state index contributed by atoms with van der Waals surface area (Å²) < 4.78 is 0. The molecule has 0 heteroatoms. The van der Waals surface area contributed by atoms with Crippen LogP contribution in [0.2, 0.25) is 0 Å². The van der Waals surface area contributed by atoms with Crippen molar-refractivity contribution in [3.8, 4) is 89.0 Å². The van der Waals surface area contributed by atoms with Crippen LogP contribution in [0.3, 0.4) is 0 Å². The Labute approximate surface area is 779 Å². The molecular weight excluding hydrogens is 1590 g/mol. The summed E-state index contributed by atoms with van der Waals surface area (Å²) in [5.74, 6) is 0. The lowest BCUT2D eigenvalue weighted by Gasteiger charge is -2.31. The van der Waals surface area contributed by atoms with E-state index in [9.17, 15) is 0 Å². The molecule has 0 unspecified atom stereocenters. The van der Waals surface area contributed by atoms with Gasteiger partial charge in [0.2, 0.25) is 0 Å². The third-order valence-corrected chi connectivity index (χ3v) is 28.5. The second-order valence-electron chi connectivity index (χ2n) is 36.3. The van der Waals surface area contributed by atoms with Gasteiger partial charge < -0.3 is 0 Å². The van der Waals surface area contributed by atoms with E-state index in [2.05, 4.69) is 468 Å². The molecule has 8 aliphatic carbocycles. The zero-order valence-electron chi connectivity index (χ0n) is 76.2. The molecular formula is C132H104. The van der Waals surface area contributed by atoms with Crippen LogP contribution in [0.4, 0.5) is 0 Å². The smallest absolute Gasteiger partial charge is 0.0622 e. The van der Waals surface area contributed by atoms with Crippen LogP contribution in [-0.4, -0.2) is 0 Å². The molecule has 20 aromatic rings. The van der Waals surface area contributed by atoms with Gasteiger partial charge in [0.15, 0.2) is 0 Å². The maximum atomic E-state index is 2.40. The third-order valence-electron chi connectivity index (χ3n) is 28.5. The predicted molar refractivity (Wildman–Crippen MR) is 555 cm³/mol. The molecule has 0 heterocycles. The average Bonchev–Trinajstić information content (AvgIpc) is 1.52. The minimum Gasteiger partial charge on any atom is -0.0622 e. The highest BCUT2D eigenvalue weighted by molar-refractivity contribution is 6.00. The fourth-order valence-electron chi connectivity index (χ4n) is 23.3. The van der Waals surface area contributed by atoms with Crippen molar-refractivity contribution in [1.82, 2.24) is 0 Å². The van der Waals surface area contributed by atoms with Crippen molar-refractivity contribution in [1.29, 1.82) is 0 Å². The lowest BCUT2D eigenvalue weighted by atomic mass is 9.69. The van der Waals surface area contributed by atoms with E-state index in [1.807, 2.05) is 72.8 Å². The van der Waals surface area contributed by atoms with E-state index >= 15 is 0 Å². The first-order chi connectivity index (χ1) is 64.9. The first kappa shape index (κ1) is 83.3. The van der Waals surface area contributed by atoms with Gasteiger partial charge in [-0.05, 0) is 245 Å². The van der Waals surface area contributed by atoms with Gasteiger partial charge in [-0.1, -0.05) is 519 Å². The molecule has 0 nitrogen and oxygen atoms in total. The van der Waals surface area contributed by atoms with Crippen LogP contribution in [0.5, 0.6) is 0 Å². The van der Waals surface area contributed by atoms with Crippen LogP contribution in [0.25, 0.3) is 89.0 Å². The first-order valence-electron chi connectivity index (χ1n) is 46.5. The van der Waals surface area contributed by atoms with Crippen molar-refractivity contribution in [3.05, 3.63) is 619 Å². The predicted octanol–water partition coefficient (Wildman–Crippen LogP) is 33.3. The molecule has 0 radical (unpaired) electrons.